The highest BCUT2D eigenvalue weighted by Crippen LogP contribution is 2.48. The van der Waals surface area contributed by atoms with Gasteiger partial charge in [-0.3, -0.25) is 0 Å². The van der Waals surface area contributed by atoms with Crippen molar-refractivity contribution in [1.82, 2.24) is 0 Å². The summed E-state index contributed by atoms with van der Waals surface area (Å²) in [5.74, 6) is 0. The van der Waals surface area contributed by atoms with Crippen molar-refractivity contribution in [3.05, 3.63) is 200 Å². The quantitative estimate of drug-likeness (QED) is 0.173. The minimum atomic E-state index is 0.844. The van der Waals surface area contributed by atoms with Crippen molar-refractivity contribution in [2.75, 3.05) is 4.90 Å². The molecule has 0 bridgehead atoms. The third kappa shape index (κ3) is 5.05. The lowest BCUT2D eigenvalue weighted by Gasteiger charge is -2.26. The van der Waals surface area contributed by atoms with Crippen LogP contribution >= 0.6 is 0 Å². The third-order valence-corrected chi connectivity index (χ3v) is 10.9. The van der Waals surface area contributed by atoms with Gasteiger partial charge in [-0.2, -0.15) is 0 Å². The molecule has 3 nitrogen and oxygen atoms in total. The van der Waals surface area contributed by atoms with E-state index in [2.05, 4.69) is 205 Å². The van der Waals surface area contributed by atoms with E-state index < -0.39 is 0 Å². The Hall–Kier alpha value is -7.36. The van der Waals surface area contributed by atoms with E-state index in [-0.39, 0.29) is 0 Å². The van der Waals surface area contributed by atoms with Gasteiger partial charge < -0.3 is 13.7 Å². The van der Waals surface area contributed by atoms with Crippen LogP contribution in [0, 0.1) is 0 Å². The summed E-state index contributed by atoms with van der Waals surface area (Å²) in [6.45, 7) is 0. The molecule has 0 aliphatic rings. The molecule has 0 saturated carbocycles. The molecule has 3 heteroatoms. The first kappa shape index (κ1) is 31.2. The highest BCUT2D eigenvalue weighted by Gasteiger charge is 2.23. The smallest absolute Gasteiger partial charge is 0.143 e. The van der Waals surface area contributed by atoms with Crippen LogP contribution in [0.25, 0.3) is 88.0 Å². The fourth-order valence-electron chi connectivity index (χ4n) is 8.39. The number of hydrogen-bond acceptors (Lipinski definition) is 3. The van der Waals surface area contributed by atoms with Gasteiger partial charge in [0.2, 0.25) is 0 Å². The summed E-state index contributed by atoms with van der Waals surface area (Å²) in [7, 11) is 0. The second-order valence-electron chi connectivity index (χ2n) is 14.0. The number of furan rings is 2. The first-order valence-corrected chi connectivity index (χ1v) is 18.7. The zero-order valence-electron chi connectivity index (χ0n) is 29.8. The molecule has 0 amide bonds. The van der Waals surface area contributed by atoms with Gasteiger partial charge in [-0.05, 0) is 81.7 Å². The van der Waals surface area contributed by atoms with Crippen molar-refractivity contribution in [3.63, 3.8) is 0 Å². The van der Waals surface area contributed by atoms with E-state index in [0.717, 1.165) is 94.0 Å². The van der Waals surface area contributed by atoms with E-state index in [1.54, 1.807) is 0 Å². The number of nitrogens with zero attached hydrogens (tertiary/aromatic N) is 1. The molecule has 258 valence electrons. The first-order chi connectivity index (χ1) is 27.3. The topological polar surface area (TPSA) is 29.5 Å². The number of hydrogen-bond donors (Lipinski definition) is 0. The summed E-state index contributed by atoms with van der Waals surface area (Å²) in [5, 5.41) is 6.52. The number of benzene rings is 9. The standard InChI is InChI=1S/C52H33NO2/c1-4-15-34(16-5-1)35-29-31-36(32-30-35)39-23-13-27-47-49(39)43-25-12-24-42(51(43)54-47)44-33-45-50-46(53(37-17-6-2-7-18-37)38-19-8-3-9-20-38)26-14-28-48(50)55-52(45)41-22-11-10-21-40(41)44/h1-33H. The molecule has 11 aromatic rings. The molecular formula is C52H33NO2. The average molecular weight is 704 g/mol. The molecule has 55 heavy (non-hydrogen) atoms. The number of rotatable bonds is 6. The van der Waals surface area contributed by atoms with Gasteiger partial charge >= 0.3 is 0 Å². The molecule has 0 radical (unpaired) electrons. The van der Waals surface area contributed by atoms with Gasteiger partial charge in [-0.25, -0.2) is 0 Å². The van der Waals surface area contributed by atoms with E-state index in [4.69, 9.17) is 8.83 Å². The lowest BCUT2D eigenvalue weighted by molar-refractivity contribution is 0.670. The molecule has 0 atom stereocenters. The Morgan fingerprint density at radius 1 is 0.309 bits per heavy atom. The van der Waals surface area contributed by atoms with Crippen LogP contribution in [0.5, 0.6) is 0 Å². The molecule has 0 spiro atoms. The van der Waals surface area contributed by atoms with Crippen molar-refractivity contribution < 1.29 is 8.83 Å². The molecular weight excluding hydrogens is 671 g/mol. The van der Waals surface area contributed by atoms with Gasteiger partial charge in [0, 0.05) is 38.5 Å². The average Bonchev–Trinajstić information content (AvgIpc) is 3.84. The molecule has 0 aliphatic heterocycles. The van der Waals surface area contributed by atoms with E-state index in [1.165, 1.54) is 11.1 Å². The van der Waals surface area contributed by atoms with Crippen LogP contribution in [0.1, 0.15) is 0 Å². The summed E-state index contributed by atoms with van der Waals surface area (Å²) < 4.78 is 13.7. The van der Waals surface area contributed by atoms with Crippen LogP contribution in [-0.2, 0) is 0 Å². The minimum absolute atomic E-state index is 0.844. The summed E-state index contributed by atoms with van der Waals surface area (Å²) in [6.07, 6.45) is 0. The molecule has 9 aromatic carbocycles. The van der Waals surface area contributed by atoms with Crippen LogP contribution < -0.4 is 4.90 Å². The van der Waals surface area contributed by atoms with Crippen LogP contribution in [0.3, 0.4) is 0 Å². The Morgan fingerprint density at radius 2 is 0.836 bits per heavy atom. The first-order valence-electron chi connectivity index (χ1n) is 18.7. The fraction of sp³-hybridized carbons (Fsp3) is 0. The summed E-state index contributed by atoms with van der Waals surface area (Å²) >= 11 is 0. The molecule has 2 aromatic heterocycles. The Labute approximate surface area is 317 Å². The van der Waals surface area contributed by atoms with Gasteiger partial charge in [0.05, 0.1) is 11.1 Å². The Balaban J connectivity index is 1.14. The largest absolute Gasteiger partial charge is 0.455 e. The van der Waals surface area contributed by atoms with Crippen molar-refractivity contribution in [1.29, 1.82) is 0 Å². The normalized spacial score (nSPS) is 11.6. The van der Waals surface area contributed by atoms with Gasteiger partial charge in [0.1, 0.15) is 22.3 Å². The SMILES string of the molecule is c1ccc(-c2ccc(-c3cccc4oc5c(-c6cc7c(oc8cccc(N(c9ccccc9)c9ccccc9)c87)c7ccccc67)cccc5c34)cc2)cc1. The molecule has 0 fully saturated rings. The molecule has 0 aliphatic carbocycles. The highest BCUT2D eigenvalue weighted by molar-refractivity contribution is 6.24. The number of para-hydroxylation sites is 3. The van der Waals surface area contributed by atoms with E-state index in [1.807, 2.05) is 0 Å². The molecule has 0 N–H and O–H groups in total. The summed E-state index contributed by atoms with van der Waals surface area (Å²) in [5.41, 5.74) is 13.5. The summed E-state index contributed by atoms with van der Waals surface area (Å²) in [4.78, 5) is 2.32. The monoisotopic (exact) mass is 703 g/mol. The third-order valence-electron chi connectivity index (χ3n) is 10.9. The van der Waals surface area contributed by atoms with Crippen LogP contribution in [0.15, 0.2) is 209 Å². The van der Waals surface area contributed by atoms with Crippen LogP contribution in [-0.4, -0.2) is 0 Å². The van der Waals surface area contributed by atoms with E-state index in [9.17, 15) is 0 Å². The number of fused-ring (bicyclic) bond motifs is 8. The zero-order valence-corrected chi connectivity index (χ0v) is 29.8. The lowest BCUT2D eigenvalue weighted by atomic mass is 9.93. The van der Waals surface area contributed by atoms with Gasteiger partial charge in [-0.15, -0.1) is 0 Å². The fourth-order valence-corrected chi connectivity index (χ4v) is 8.39. The number of anilines is 3. The predicted octanol–water partition coefficient (Wildman–Crippen LogP) is 15.1. The minimum Gasteiger partial charge on any atom is -0.455 e. The molecule has 0 saturated heterocycles. The van der Waals surface area contributed by atoms with Crippen molar-refractivity contribution in [2.24, 2.45) is 0 Å². The van der Waals surface area contributed by atoms with Crippen molar-refractivity contribution >= 4 is 71.7 Å². The van der Waals surface area contributed by atoms with Gasteiger partial charge in [0.25, 0.3) is 0 Å². The zero-order chi connectivity index (χ0) is 36.3. The van der Waals surface area contributed by atoms with E-state index >= 15 is 0 Å². The summed E-state index contributed by atoms with van der Waals surface area (Å²) in [6, 6.07) is 70.6. The Morgan fingerprint density at radius 3 is 1.56 bits per heavy atom. The molecule has 0 unspecified atom stereocenters. The van der Waals surface area contributed by atoms with Crippen molar-refractivity contribution in [2.45, 2.75) is 0 Å². The lowest BCUT2D eigenvalue weighted by Crippen LogP contribution is -2.09. The Bertz CT molecular complexity index is 3140. The molecule has 2 heterocycles. The second-order valence-corrected chi connectivity index (χ2v) is 14.0. The van der Waals surface area contributed by atoms with E-state index in [0.29, 0.717) is 0 Å². The predicted molar refractivity (Wildman–Crippen MR) is 229 cm³/mol. The molecule has 11 rings (SSSR count). The maximum Gasteiger partial charge on any atom is 0.143 e. The highest BCUT2D eigenvalue weighted by atomic mass is 16.3. The maximum atomic E-state index is 6.87. The Kier molecular flexibility index (Phi) is 7.17. The second kappa shape index (κ2) is 12.6. The van der Waals surface area contributed by atoms with Crippen molar-refractivity contribution in [3.8, 4) is 33.4 Å². The maximum absolute atomic E-state index is 6.87. The van der Waals surface area contributed by atoms with Crippen LogP contribution in [0.2, 0.25) is 0 Å². The van der Waals surface area contributed by atoms with Crippen LogP contribution in [0.4, 0.5) is 17.1 Å². The van der Waals surface area contributed by atoms with Gasteiger partial charge in [0.15, 0.2) is 0 Å². The van der Waals surface area contributed by atoms with Gasteiger partial charge in [-0.1, -0.05) is 152 Å².